The number of para-hydroxylation sites is 1. The number of carbonyl (C=O) groups is 3. The molecule has 1 atom stereocenters. The van der Waals surface area contributed by atoms with Gasteiger partial charge >= 0.3 is 0 Å². The number of methoxy groups -OCH3 is 1. The molecule has 0 aliphatic rings. The zero-order valence-electron chi connectivity index (χ0n) is 21.0. The van der Waals surface area contributed by atoms with E-state index in [-0.39, 0.29) is 22.8 Å². The Morgan fingerprint density at radius 1 is 1.13 bits per heavy atom. The van der Waals surface area contributed by atoms with Crippen LogP contribution in [0.4, 0.5) is 11.4 Å². The Labute approximate surface area is 223 Å². The van der Waals surface area contributed by atoms with E-state index in [2.05, 4.69) is 14.7 Å². The van der Waals surface area contributed by atoms with Gasteiger partial charge in [-0.15, -0.1) is 0 Å². The lowest BCUT2D eigenvalue weighted by molar-refractivity contribution is -0.122. The molecule has 0 aliphatic heterocycles. The Morgan fingerprint density at radius 2 is 1.92 bits per heavy atom. The third kappa shape index (κ3) is 5.34. The number of nitrogen functional groups attached to an aromatic ring is 1. The quantitative estimate of drug-likeness (QED) is 0.265. The van der Waals surface area contributed by atoms with E-state index >= 15 is 0 Å². The molecule has 0 radical (unpaired) electrons. The van der Waals surface area contributed by atoms with E-state index in [1.54, 1.807) is 36.5 Å². The average Bonchev–Trinajstić information content (AvgIpc) is 3.32. The van der Waals surface area contributed by atoms with Gasteiger partial charge in [0.05, 0.1) is 17.8 Å². The van der Waals surface area contributed by atoms with E-state index in [0.717, 1.165) is 28.0 Å². The summed E-state index contributed by atoms with van der Waals surface area (Å²) in [6, 6.07) is 15.4. The fourth-order valence-electron chi connectivity index (χ4n) is 4.20. The molecular formula is C27H28N6O4S. The smallest absolute Gasteiger partial charge is 0.273 e. The van der Waals surface area contributed by atoms with E-state index in [1.807, 2.05) is 31.2 Å². The number of primary amides is 1. The number of fused-ring (bicyclic) bond motifs is 1. The van der Waals surface area contributed by atoms with Gasteiger partial charge < -0.3 is 21.5 Å². The van der Waals surface area contributed by atoms with Crippen LogP contribution in [0.3, 0.4) is 0 Å². The number of anilines is 2. The van der Waals surface area contributed by atoms with Crippen molar-refractivity contribution in [3.8, 4) is 0 Å². The number of nitrogens with two attached hydrogens (primary N) is 2. The second kappa shape index (κ2) is 11.8. The minimum atomic E-state index is -1.09. The molecular weight excluding hydrogens is 504 g/mol. The number of benzene rings is 2. The van der Waals surface area contributed by atoms with Crippen molar-refractivity contribution >= 4 is 51.5 Å². The molecule has 4 rings (SSSR count). The number of rotatable bonds is 10. The summed E-state index contributed by atoms with van der Waals surface area (Å²) in [5.41, 5.74) is 13.9. The van der Waals surface area contributed by atoms with Crippen molar-refractivity contribution in [2.24, 2.45) is 5.73 Å². The van der Waals surface area contributed by atoms with Crippen LogP contribution in [0.1, 0.15) is 44.3 Å². The van der Waals surface area contributed by atoms with Crippen LogP contribution in [0, 0.1) is 0 Å². The van der Waals surface area contributed by atoms with Crippen molar-refractivity contribution in [2.75, 3.05) is 30.9 Å². The van der Waals surface area contributed by atoms with Crippen molar-refractivity contribution in [3.05, 3.63) is 82.5 Å². The molecule has 2 heterocycles. The Balaban J connectivity index is 1.93. The van der Waals surface area contributed by atoms with Crippen LogP contribution >= 0.6 is 11.5 Å². The lowest BCUT2D eigenvalue weighted by Gasteiger charge is -2.32. The second-order valence-electron chi connectivity index (χ2n) is 8.44. The number of nitrogens with zero attached hydrogens (tertiary/aromatic N) is 3. The van der Waals surface area contributed by atoms with Crippen molar-refractivity contribution < 1.29 is 19.1 Å². The molecule has 1 unspecified atom stereocenters. The van der Waals surface area contributed by atoms with Crippen molar-refractivity contribution in [3.63, 3.8) is 0 Å². The summed E-state index contributed by atoms with van der Waals surface area (Å²) >= 11 is 0.769. The zero-order chi connectivity index (χ0) is 27.2. The van der Waals surface area contributed by atoms with E-state index in [9.17, 15) is 14.4 Å². The number of aromatic nitrogens is 2. The van der Waals surface area contributed by atoms with Gasteiger partial charge in [-0.3, -0.25) is 24.3 Å². The number of amides is 3. The molecule has 0 aliphatic carbocycles. The minimum absolute atomic E-state index is 0.0156. The maximum atomic E-state index is 14.2. The highest BCUT2D eigenvalue weighted by Gasteiger charge is 2.36. The van der Waals surface area contributed by atoms with E-state index < -0.39 is 23.8 Å². The normalized spacial score (nSPS) is 11.7. The summed E-state index contributed by atoms with van der Waals surface area (Å²) in [6.45, 7) is 2.50. The molecule has 10 nitrogen and oxygen atoms in total. The standard InChI is InChI=1S/C27H28N6O4S/c1-3-16-7-4-5-9-20(16)33(27(36)24-21(28)22(25(29)34)32-38-24)23(26(35)31-13-14-37-2)18-10-11-19-17(15-18)8-6-12-30-19/h4-12,15,23H,3,13-14,28H2,1-2H3,(H2,29,34)(H,31,35). The lowest BCUT2D eigenvalue weighted by atomic mass is 9.99. The maximum Gasteiger partial charge on any atom is 0.273 e. The predicted octanol–water partition coefficient (Wildman–Crippen LogP) is 3.09. The first-order valence-corrected chi connectivity index (χ1v) is 12.7. The second-order valence-corrected chi connectivity index (χ2v) is 9.21. The predicted molar refractivity (Wildman–Crippen MR) is 147 cm³/mol. The summed E-state index contributed by atoms with van der Waals surface area (Å²) in [5, 5.41) is 3.68. The fraction of sp³-hybridized carbons (Fsp3) is 0.222. The van der Waals surface area contributed by atoms with Crippen molar-refractivity contribution in [2.45, 2.75) is 19.4 Å². The number of pyridine rings is 1. The van der Waals surface area contributed by atoms with Crippen molar-refractivity contribution in [1.29, 1.82) is 0 Å². The van der Waals surface area contributed by atoms with Gasteiger partial charge in [-0.05, 0) is 53.3 Å². The van der Waals surface area contributed by atoms with Crippen LogP contribution < -0.4 is 21.7 Å². The molecule has 0 fully saturated rings. The summed E-state index contributed by atoms with van der Waals surface area (Å²) in [6.07, 6.45) is 2.29. The Hall–Kier alpha value is -4.35. The van der Waals surface area contributed by atoms with Gasteiger partial charge in [-0.1, -0.05) is 37.3 Å². The van der Waals surface area contributed by atoms with E-state index in [1.165, 1.54) is 12.0 Å². The largest absolute Gasteiger partial charge is 0.395 e. The first-order valence-electron chi connectivity index (χ1n) is 11.9. The number of ether oxygens (including phenoxy) is 1. The molecule has 0 bridgehead atoms. The monoisotopic (exact) mass is 532 g/mol. The summed E-state index contributed by atoms with van der Waals surface area (Å²) in [5.74, 6) is -1.83. The molecule has 2 aromatic carbocycles. The maximum absolute atomic E-state index is 14.2. The van der Waals surface area contributed by atoms with Crippen LogP contribution in [0.2, 0.25) is 0 Å². The van der Waals surface area contributed by atoms with Crippen LogP contribution in [-0.4, -0.2) is 47.3 Å². The van der Waals surface area contributed by atoms with E-state index in [0.29, 0.717) is 24.3 Å². The number of nitrogens with one attached hydrogen (secondary N) is 1. The molecule has 38 heavy (non-hydrogen) atoms. The molecule has 196 valence electrons. The first kappa shape index (κ1) is 26.7. The van der Waals surface area contributed by atoms with Gasteiger partial charge in [-0.2, -0.15) is 4.37 Å². The van der Waals surface area contributed by atoms with Crippen LogP contribution in [-0.2, 0) is 16.0 Å². The Morgan fingerprint density at radius 3 is 2.63 bits per heavy atom. The molecule has 0 saturated heterocycles. The number of aryl methyl sites for hydroxylation is 1. The topological polar surface area (TPSA) is 154 Å². The summed E-state index contributed by atoms with van der Waals surface area (Å²) in [4.78, 5) is 45.6. The number of carbonyl (C=O) groups excluding carboxylic acids is 3. The Bertz CT molecular complexity index is 1490. The molecule has 0 saturated carbocycles. The van der Waals surface area contributed by atoms with Gasteiger partial charge in [0.25, 0.3) is 11.8 Å². The van der Waals surface area contributed by atoms with E-state index in [4.69, 9.17) is 16.2 Å². The fourth-order valence-corrected chi connectivity index (χ4v) is 4.95. The zero-order valence-corrected chi connectivity index (χ0v) is 21.8. The molecule has 11 heteroatoms. The Kier molecular flexibility index (Phi) is 8.29. The van der Waals surface area contributed by atoms with Gasteiger partial charge in [-0.25, -0.2) is 0 Å². The van der Waals surface area contributed by atoms with Gasteiger partial charge in [0.2, 0.25) is 5.91 Å². The summed E-state index contributed by atoms with van der Waals surface area (Å²) < 4.78 is 9.11. The number of hydrogen-bond acceptors (Lipinski definition) is 8. The highest BCUT2D eigenvalue weighted by Crippen LogP contribution is 2.35. The lowest BCUT2D eigenvalue weighted by Crippen LogP contribution is -2.45. The van der Waals surface area contributed by atoms with Crippen molar-refractivity contribution in [1.82, 2.24) is 14.7 Å². The highest BCUT2D eigenvalue weighted by molar-refractivity contribution is 7.09. The third-order valence-corrected chi connectivity index (χ3v) is 6.91. The average molecular weight is 533 g/mol. The minimum Gasteiger partial charge on any atom is -0.395 e. The van der Waals surface area contributed by atoms with Gasteiger partial charge in [0.15, 0.2) is 5.69 Å². The molecule has 2 aromatic heterocycles. The highest BCUT2D eigenvalue weighted by atomic mass is 32.1. The SMILES string of the molecule is CCc1ccccc1N(C(=O)c1snc(C(N)=O)c1N)C(C(=O)NCCOC)c1ccc2ncccc2c1. The van der Waals surface area contributed by atoms with Gasteiger partial charge in [0.1, 0.15) is 10.9 Å². The van der Waals surface area contributed by atoms with Crippen LogP contribution in [0.15, 0.2) is 60.8 Å². The first-order chi connectivity index (χ1) is 18.4. The molecule has 0 spiro atoms. The number of hydrogen-bond donors (Lipinski definition) is 3. The van der Waals surface area contributed by atoms with Crippen LogP contribution in [0.5, 0.6) is 0 Å². The third-order valence-electron chi connectivity index (χ3n) is 6.06. The van der Waals surface area contributed by atoms with Gasteiger partial charge in [0, 0.05) is 30.9 Å². The van der Waals surface area contributed by atoms with Crippen LogP contribution in [0.25, 0.3) is 10.9 Å². The molecule has 5 N–H and O–H groups in total. The molecule has 4 aromatic rings. The molecule has 3 amide bonds. The summed E-state index contributed by atoms with van der Waals surface area (Å²) in [7, 11) is 1.54.